The minimum absolute atomic E-state index is 0.140. The molecule has 4 fully saturated rings. The lowest BCUT2D eigenvalue weighted by molar-refractivity contribution is -0.140. The first-order valence-corrected chi connectivity index (χ1v) is 10.9. The van der Waals surface area contributed by atoms with E-state index in [-0.39, 0.29) is 11.3 Å². The molecule has 5 heteroatoms. The maximum atomic E-state index is 13.4. The van der Waals surface area contributed by atoms with Crippen molar-refractivity contribution in [3.63, 3.8) is 0 Å². The number of carbonyl (C=O) groups is 1. The zero-order chi connectivity index (χ0) is 19.5. The van der Waals surface area contributed by atoms with Crippen molar-refractivity contribution in [2.24, 2.45) is 23.2 Å². The first kappa shape index (κ1) is 18.2. The van der Waals surface area contributed by atoms with Crippen molar-refractivity contribution in [1.82, 2.24) is 9.78 Å². The Morgan fingerprint density at radius 2 is 1.75 bits per heavy atom. The minimum atomic E-state index is -0.140. The molecule has 1 heterocycles. The molecule has 0 atom stereocenters. The second-order valence-corrected chi connectivity index (χ2v) is 9.85. The fourth-order valence-corrected chi connectivity index (χ4v) is 6.65. The highest BCUT2D eigenvalue weighted by Gasteiger charge is 2.54. The van der Waals surface area contributed by atoms with Crippen molar-refractivity contribution < 1.29 is 4.79 Å². The number of halogens is 1. The summed E-state index contributed by atoms with van der Waals surface area (Å²) >= 11 is 6.32. The van der Waals surface area contributed by atoms with Crippen LogP contribution >= 0.6 is 11.6 Å². The van der Waals surface area contributed by atoms with Crippen molar-refractivity contribution in [1.29, 1.82) is 0 Å². The molecule has 28 heavy (non-hydrogen) atoms. The lowest BCUT2D eigenvalue weighted by Crippen LogP contribution is -2.51. The van der Waals surface area contributed by atoms with E-state index in [2.05, 4.69) is 10.4 Å². The number of amides is 1. The maximum absolute atomic E-state index is 13.4. The smallest absolute Gasteiger partial charge is 0.230 e. The van der Waals surface area contributed by atoms with E-state index in [1.165, 1.54) is 19.3 Å². The molecule has 2 aromatic rings. The molecule has 1 N–H and O–H groups in total. The van der Waals surface area contributed by atoms with Gasteiger partial charge in [0.2, 0.25) is 5.91 Å². The Morgan fingerprint density at radius 3 is 2.36 bits per heavy atom. The molecule has 0 spiro atoms. The SMILES string of the molecule is Cc1nn(Cc2ccccc2Cl)c(C)c1NC(=O)C12CC3CC(CC(C3)C1)C2. The van der Waals surface area contributed by atoms with Crippen molar-refractivity contribution in [3.05, 3.63) is 46.2 Å². The van der Waals surface area contributed by atoms with Gasteiger partial charge in [-0.1, -0.05) is 29.8 Å². The van der Waals surface area contributed by atoms with Crippen LogP contribution in [0.1, 0.15) is 55.5 Å². The van der Waals surface area contributed by atoms with Crippen molar-refractivity contribution in [2.45, 2.75) is 58.9 Å². The molecule has 1 aromatic carbocycles. The number of hydrogen-bond donors (Lipinski definition) is 1. The molecule has 4 saturated carbocycles. The van der Waals surface area contributed by atoms with Crippen LogP contribution in [0.25, 0.3) is 0 Å². The van der Waals surface area contributed by atoms with Gasteiger partial charge in [0.15, 0.2) is 0 Å². The number of rotatable bonds is 4. The van der Waals surface area contributed by atoms with E-state index in [1.807, 2.05) is 42.8 Å². The predicted molar refractivity (Wildman–Crippen MR) is 111 cm³/mol. The van der Waals surface area contributed by atoms with Gasteiger partial charge in [-0.2, -0.15) is 5.10 Å². The van der Waals surface area contributed by atoms with E-state index in [9.17, 15) is 4.79 Å². The molecule has 4 nitrogen and oxygen atoms in total. The van der Waals surface area contributed by atoms with Gasteiger partial charge in [-0.3, -0.25) is 9.48 Å². The maximum Gasteiger partial charge on any atom is 0.230 e. The van der Waals surface area contributed by atoms with Crippen LogP contribution in [0.5, 0.6) is 0 Å². The van der Waals surface area contributed by atoms with Crippen molar-refractivity contribution in [2.75, 3.05) is 5.32 Å². The summed E-state index contributed by atoms with van der Waals surface area (Å²) in [5.74, 6) is 2.53. The highest BCUT2D eigenvalue weighted by molar-refractivity contribution is 6.31. The van der Waals surface area contributed by atoms with Gasteiger partial charge < -0.3 is 5.32 Å². The third-order valence-electron chi connectivity index (χ3n) is 7.42. The molecule has 4 bridgehead atoms. The van der Waals surface area contributed by atoms with Gasteiger partial charge in [-0.05, 0) is 81.8 Å². The van der Waals surface area contributed by atoms with Crippen LogP contribution in [0.3, 0.4) is 0 Å². The van der Waals surface area contributed by atoms with Crippen LogP contribution in [0.2, 0.25) is 5.02 Å². The Bertz CT molecular complexity index is 897. The Balaban J connectivity index is 1.38. The van der Waals surface area contributed by atoms with Crippen LogP contribution in [0.4, 0.5) is 5.69 Å². The highest BCUT2D eigenvalue weighted by atomic mass is 35.5. The van der Waals surface area contributed by atoms with Crippen molar-refractivity contribution >= 4 is 23.2 Å². The quantitative estimate of drug-likeness (QED) is 0.755. The number of aromatic nitrogens is 2. The van der Waals surface area contributed by atoms with Crippen LogP contribution < -0.4 is 5.32 Å². The molecule has 4 aliphatic carbocycles. The van der Waals surface area contributed by atoms with Crippen molar-refractivity contribution in [3.8, 4) is 0 Å². The normalized spacial score (nSPS) is 30.6. The van der Waals surface area contributed by atoms with Gasteiger partial charge in [-0.25, -0.2) is 0 Å². The number of aryl methyl sites for hydroxylation is 1. The van der Waals surface area contributed by atoms with E-state index in [0.29, 0.717) is 6.54 Å². The average molecular weight is 398 g/mol. The number of anilines is 1. The second-order valence-electron chi connectivity index (χ2n) is 9.45. The highest BCUT2D eigenvalue weighted by Crippen LogP contribution is 2.60. The number of benzene rings is 1. The summed E-state index contributed by atoms with van der Waals surface area (Å²) < 4.78 is 1.95. The van der Waals surface area contributed by atoms with Gasteiger partial charge in [0, 0.05) is 5.02 Å². The molecular weight excluding hydrogens is 370 g/mol. The van der Waals surface area contributed by atoms with E-state index < -0.39 is 0 Å². The molecule has 1 amide bonds. The molecule has 0 aliphatic heterocycles. The summed E-state index contributed by atoms with van der Waals surface area (Å²) in [6, 6.07) is 7.84. The molecule has 0 unspecified atom stereocenters. The largest absolute Gasteiger partial charge is 0.322 e. The van der Waals surface area contributed by atoms with Gasteiger partial charge >= 0.3 is 0 Å². The van der Waals surface area contributed by atoms with Gasteiger partial charge in [0.05, 0.1) is 29.0 Å². The average Bonchev–Trinajstić information content (AvgIpc) is 2.90. The predicted octanol–water partition coefficient (Wildman–Crippen LogP) is 5.36. The van der Waals surface area contributed by atoms with Crippen LogP contribution in [0.15, 0.2) is 24.3 Å². The fourth-order valence-electron chi connectivity index (χ4n) is 6.45. The standard InChI is InChI=1S/C23H28ClN3O/c1-14-21(15(2)27(26-14)13-19-5-3-4-6-20(19)24)25-22(28)23-10-16-7-17(11-23)9-18(8-16)12-23/h3-6,16-18H,7-13H2,1-2H3,(H,25,28). The Labute approximate surface area is 171 Å². The van der Waals surface area contributed by atoms with E-state index >= 15 is 0 Å². The lowest BCUT2D eigenvalue weighted by atomic mass is 9.49. The van der Waals surface area contributed by atoms with E-state index in [0.717, 1.165) is 64.7 Å². The summed E-state index contributed by atoms with van der Waals surface area (Å²) in [7, 11) is 0. The molecule has 4 aliphatic rings. The van der Waals surface area contributed by atoms with Crippen LogP contribution in [0, 0.1) is 37.0 Å². The molecule has 148 valence electrons. The first-order chi connectivity index (χ1) is 13.4. The first-order valence-electron chi connectivity index (χ1n) is 10.5. The summed E-state index contributed by atoms with van der Waals surface area (Å²) in [4.78, 5) is 13.4. The molecule has 0 radical (unpaired) electrons. The van der Waals surface area contributed by atoms with Crippen LogP contribution in [-0.4, -0.2) is 15.7 Å². The lowest BCUT2D eigenvalue weighted by Gasteiger charge is -2.55. The topological polar surface area (TPSA) is 46.9 Å². The number of nitrogens with zero attached hydrogens (tertiary/aromatic N) is 2. The minimum Gasteiger partial charge on any atom is -0.322 e. The zero-order valence-electron chi connectivity index (χ0n) is 16.7. The zero-order valence-corrected chi connectivity index (χ0v) is 17.4. The molecule has 1 aromatic heterocycles. The third kappa shape index (κ3) is 2.97. The Morgan fingerprint density at radius 1 is 1.14 bits per heavy atom. The second kappa shape index (κ2) is 6.62. The Hall–Kier alpha value is -1.81. The summed E-state index contributed by atoms with van der Waals surface area (Å²) in [6.45, 7) is 4.62. The van der Waals surface area contributed by atoms with Gasteiger partial charge in [0.1, 0.15) is 0 Å². The molecular formula is C23H28ClN3O. The van der Waals surface area contributed by atoms with Gasteiger partial charge in [0.25, 0.3) is 0 Å². The fraction of sp³-hybridized carbons (Fsp3) is 0.565. The number of hydrogen-bond acceptors (Lipinski definition) is 2. The van der Waals surface area contributed by atoms with E-state index in [1.54, 1.807) is 0 Å². The monoisotopic (exact) mass is 397 g/mol. The molecule has 6 rings (SSSR count). The Kier molecular flexibility index (Phi) is 4.31. The summed E-state index contributed by atoms with van der Waals surface area (Å²) in [5.41, 5.74) is 3.65. The van der Waals surface area contributed by atoms with Gasteiger partial charge in [-0.15, -0.1) is 0 Å². The third-order valence-corrected chi connectivity index (χ3v) is 7.79. The van der Waals surface area contributed by atoms with Crippen LogP contribution in [-0.2, 0) is 11.3 Å². The summed E-state index contributed by atoms with van der Waals surface area (Å²) in [5, 5.41) is 8.73. The number of nitrogens with one attached hydrogen (secondary N) is 1. The number of carbonyl (C=O) groups excluding carboxylic acids is 1. The summed E-state index contributed by atoms with van der Waals surface area (Å²) in [6.07, 6.45) is 7.28. The van der Waals surface area contributed by atoms with E-state index in [4.69, 9.17) is 11.6 Å². The molecule has 0 saturated heterocycles.